The smallest absolute Gasteiger partial charge is 0.223 e. The summed E-state index contributed by atoms with van der Waals surface area (Å²) >= 11 is 1.67. The number of aromatic nitrogens is 6. The van der Waals surface area contributed by atoms with E-state index in [1.54, 1.807) is 25.2 Å². The lowest BCUT2D eigenvalue weighted by Crippen LogP contribution is -2.00. The van der Waals surface area contributed by atoms with Gasteiger partial charge < -0.3 is 8.94 Å². The van der Waals surface area contributed by atoms with Crippen LogP contribution in [0.4, 0.5) is 0 Å². The summed E-state index contributed by atoms with van der Waals surface area (Å²) in [6.45, 7) is 25.0. The lowest BCUT2D eigenvalue weighted by atomic mass is 10.2. The van der Waals surface area contributed by atoms with Crippen molar-refractivity contribution in [2.24, 2.45) is 15.9 Å². The summed E-state index contributed by atoms with van der Waals surface area (Å²) in [5, 5.41) is 21.3. The summed E-state index contributed by atoms with van der Waals surface area (Å²) in [7, 11) is 0. The Morgan fingerprint density at radius 2 is 1.39 bits per heavy atom. The van der Waals surface area contributed by atoms with Crippen molar-refractivity contribution >= 4 is 22.9 Å². The van der Waals surface area contributed by atoms with Gasteiger partial charge in [0.25, 0.3) is 0 Å². The maximum atomic E-state index is 5.12. The molecule has 200 valence electrons. The van der Waals surface area contributed by atoms with E-state index in [-0.39, 0.29) is 0 Å². The molecule has 4 rings (SSSR count). The van der Waals surface area contributed by atoms with E-state index in [4.69, 9.17) is 8.94 Å². The van der Waals surface area contributed by atoms with Crippen molar-refractivity contribution in [3.8, 4) is 0 Å². The van der Waals surface area contributed by atoms with Gasteiger partial charge in [-0.2, -0.15) is 4.98 Å². The van der Waals surface area contributed by atoms with Gasteiger partial charge in [0.2, 0.25) is 17.7 Å². The first-order valence-corrected chi connectivity index (χ1v) is 13.1. The Balaban J connectivity index is 0.000000240. The average Bonchev–Trinajstić information content (AvgIpc) is 3.58. The van der Waals surface area contributed by atoms with Gasteiger partial charge in [-0.05, 0) is 13.8 Å². The van der Waals surface area contributed by atoms with E-state index < -0.39 is 0 Å². The molecule has 3 aromatic heterocycles. The lowest BCUT2D eigenvalue weighted by Gasteiger charge is -1.97. The van der Waals surface area contributed by atoms with E-state index in [1.807, 2.05) is 41.5 Å². The molecule has 0 aliphatic carbocycles. The fourth-order valence-electron chi connectivity index (χ4n) is 2.41. The SMILES string of the molecule is CC1=NC(C(C)C)=NC1.Cc1nc(C(C)C)no1.Cc1nnc(C(C)C)o1.Cc1nnc(C(C)C)s1. The van der Waals surface area contributed by atoms with Crippen molar-refractivity contribution in [1.29, 1.82) is 0 Å². The molecule has 0 radical (unpaired) electrons. The maximum absolute atomic E-state index is 5.12. The molecule has 4 heterocycles. The molecule has 3 aromatic rings. The van der Waals surface area contributed by atoms with Gasteiger partial charge in [-0.15, -0.1) is 31.7 Å². The van der Waals surface area contributed by atoms with Crippen LogP contribution in [-0.4, -0.2) is 48.6 Å². The molecule has 0 saturated heterocycles. The number of nitrogens with zero attached hydrogens (tertiary/aromatic N) is 8. The Bertz CT molecular complexity index is 988. The molecule has 1 aliphatic rings. The molecule has 0 amide bonds. The number of aryl methyl sites for hydroxylation is 3. The summed E-state index contributed by atoms with van der Waals surface area (Å²) in [4.78, 5) is 12.5. The Kier molecular flexibility index (Phi) is 13.3. The molecule has 0 N–H and O–H groups in total. The van der Waals surface area contributed by atoms with Crippen molar-refractivity contribution in [2.45, 2.75) is 101 Å². The Morgan fingerprint density at radius 1 is 0.722 bits per heavy atom. The number of hydrogen-bond donors (Lipinski definition) is 0. The second-order valence-corrected chi connectivity index (χ2v) is 10.8. The second kappa shape index (κ2) is 15.3. The molecule has 0 atom stereocenters. The van der Waals surface area contributed by atoms with Crippen molar-refractivity contribution in [1.82, 2.24) is 30.5 Å². The van der Waals surface area contributed by atoms with E-state index in [1.165, 1.54) is 0 Å². The van der Waals surface area contributed by atoms with Crippen molar-refractivity contribution < 1.29 is 8.94 Å². The van der Waals surface area contributed by atoms with Gasteiger partial charge in [-0.1, -0.05) is 60.5 Å². The van der Waals surface area contributed by atoms with E-state index in [0.29, 0.717) is 41.3 Å². The lowest BCUT2D eigenvalue weighted by molar-refractivity contribution is 0.385. The summed E-state index contributed by atoms with van der Waals surface area (Å²) < 4.78 is 9.89. The summed E-state index contributed by atoms with van der Waals surface area (Å²) in [5.74, 6) is 5.50. The van der Waals surface area contributed by atoms with Gasteiger partial charge in [0, 0.05) is 43.2 Å². The van der Waals surface area contributed by atoms with Crippen LogP contribution in [0.3, 0.4) is 0 Å². The third-order valence-corrected chi connectivity index (χ3v) is 5.56. The predicted molar refractivity (Wildman–Crippen MR) is 145 cm³/mol. The van der Waals surface area contributed by atoms with E-state index >= 15 is 0 Å². The number of hydrogen-bond acceptors (Lipinski definition) is 11. The topological polar surface area (TPSA) is 128 Å². The quantitative estimate of drug-likeness (QED) is 0.383. The molecular formula is C25H42N8O2S. The van der Waals surface area contributed by atoms with E-state index in [0.717, 1.165) is 33.9 Å². The highest BCUT2D eigenvalue weighted by atomic mass is 32.1. The molecule has 0 spiro atoms. The van der Waals surface area contributed by atoms with E-state index in [2.05, 4.69) is 68.2 Å². The summed E-state index contributed by atoms with van der Waals surface area (Å²) in [6.07, 6.45) is 0. The standard InChI is InChI=1S/C7H12N2.2C6H10N2O.C6H10N2S/c1-5(2)7-8-4-6(3)9-7;1-4(2)6-8-7-5(3)9-6;1-4(2)6-7-5(3)9-8-6;1-4(2)6-8-7-5(3)9-6/h5H,4H2,1-3H3;3*4H,1-3H3. The third-order valence-electron chi connectivity index (χ3n) is 4.42. The van der Waals surface area contributed by atoms with Crippen LogP contribution in [0, 0.1) is 26.7 Å². The van der Waals surface area contributed by atoms with Gasteiger partial charge in [0.15, 0.2) is 5.82 Å². The zero-order valence-electron chi connectivity index (χ0n) is 23.8. The third kappa shape index (κ3) is 11.7. The van der Waals surface area contributed by atoms with Crippen molar-refractivity contribution in [3.05, 3.63) is 33.5 Å². The van der Waals surface area contributed by atoms with Gasteiger partial charge in [-0.25, -0.2) is 4.99 Å². The van der Waals surface area contributed by atoms with Crippen LogP contribution < -0.4 is 0 Å². The predicted octanol–water partition coefficient (Wildman–Crippen LogP) is 6.49. The molecule has 1 aliphatic heterocycles. The highest BCUT2D eigenvalue weighted by Gasteiger charge is 2.08. The van der Waals surface area contributed by atoms with E-state index in [9.17, 15) is 0 Å². The van der Waals surface area contributed by atoms with Crippen LogP contribution >= 0.6 is 11.3 Å². The highest BCUT2D eigenvalue weighted by molar-refractivity contribution is 7.11. The minimum atomic E-state index is 0.339. The zero-order chi connectivity index (χ0) is 27.4. The fourth-order valence-corrected chi connectivity index (χ4v) is 3.11. The monoisotopic (exact) mass is 518 g/mol. The normalized spacial score (nSPS) is 12.6. The summed E-state index contributed by atoms with van der Waals surface area (Å²) in [5.41, 5.74) is 1.14. The minimum Gasteiger partial charge on any atom is -0.425 e. The highest BCUT2D eigenvalue weighted by Crippen LogP contribution is 2.17. The molecule has 0 fully saturated rings. The Morgan fingerprint density at radius 3 is 1.61 bits per heavy atom. The van der Waals surface area contributed by atoms with Gasteiger partial charge in [0.05, 0.1) is 6.54 Å². The summed E-state index contributed by atoms with van der Waals surface area (Å²) in [6, 6.07) is 0. The number of rotatable bonds is 4. The van der Waals surface area contributed by atoms with Gasteiger partial charge in [0.1, 0.15) is 15.9 Å². The first-order chi connectivity index (χ1) is 16.8. The van der Waals surface area contributed by atoms with Crippen LogP contribution in [0.1, 0.15) is 114 Å². The fraction of sp³-hybridized carbons (Fsp3) is 0.680. The van der Waals surface area contributed by atoms with Crippen LogP contribution in [0.15, 0.2) is 18.9 Å². The largest absolute Gasteiger partial charge is 0.425 e. The van der Waals surface area contributed by atoms with Gasteiger partial charge in [-0.3, -0.25) is 4.99 Å². The second-order valence-electron chi connectivity index (χ2n) is 9.63. The molecule has 10 nitrogen and oxygen atoms in total. The first kappa shape index (κ1) is 31.2. The molecular weight excluding hydrogens is 476 g/mol. The van der Waals surface area contributed by atoms with Crippen LogP contribution in [0.2, 0.25) is 0 Å². The molecule has 0 aromatic carbocycles. The molecule has 0 unspecified atom stereocenters. The van der Waals surface area contributed by atoms with Crippen molar-refractivity contribution in [2.75, 3.05) is 6.54 Å². The van der Waals surface area contributed by atoms with Gasteiger partial charge >= 0.3 is 0 Å². The van der Waals surface area contributed by atoms with Crippen LogP contribution in [0.5, 0.6) is 0 Å². The Hall–Kier alpha value is -2.82. The van der Waals surface area contributed by atoms with Crippen LogP contribution in [-0.2, 0) is 0 Å². The molecule has 0 bridgehead atoms. The molecule has 0 saturated carbocycles. The maximum Gasteiger partial charge on any atom is 0.223 e. The average molecular weight is 519 g/mol. The van der Waals surface area contributed by atoms with Crippen molar-refractivity contribution in [3.63, 3.8) is 0 Å². The van der Waals surface area contributed by atoms with Crippen LogP contribution in [0.25, 0.3) is 0 Å². The Labute approximate surface area is 219 Å². The zero-order valence-corrected chi connectivity index (χ0v) is 24.6. The first-order valence-electron chi connectivity index (χ1n) is 12.3. The number of amidine groups is 1. The molecule has 11 heteroatoms. The molecule has 36 heavy (non-hydrogen) atoms. The minimum absolute atomic E-state index is 0.339. The number of aliphatic imine (C=N–C) groups is 2.